The lowest BCUT2D eigenvalue weighted by Gasteiger charge is -2.43. The minimum absolute atomic E-state index is 0.173. The first-order valence-electron chi connectivity index (χ1n) is 7.90. The average molecular weight is 327 g/mol. The normalized spacial score (nSPS) is 23.3. The van der Waals surface area contributed by atoms with E-state index in [1.807, 2.05) is 30.3 Å². The van der Waals surface area contributed by atoms with Crippen LogP contribution in [-0.4, -0.2) is 26.1 Å². The quantitative estimate of drug-likeness (QED) is 0.779. The van der Waals surface area contributed by atoms with E-state index in [0.717, 1.165) is 5.56 Å². The average Bonchev–Trinajstić information content (AvgIpc) is 3.04. The smallest absolute Gasteiger partial charge is 0.189 e. The highest BCUT2D eigenvalue weighted by Gasteiger charge is 2.47. The molecule has 0 aromatic heterocycles. The van der Waals surface area contributed by atoms with Crippen LogP contribution in [0.4, 0.5) is 10.2 Å². The van der Waals surface area contributed by atoms with Gasteiger partial charge in [0.1, 0.15) is 24.2 Å². The van der Waals surface area contributed by atoms with E-state index in [1.165, 1.54) is 17.2 Å². The van der Waals surface area contributed by atoms with Crippen molar-refractivity contribution in [1.29, 1.82) is 0 Å². The number of imidazole rings is 1. The molecule has 0 amide bonds. The van der Waals surface area contributed by atoms with Gasteiger partial charge in [-0.05, 0) is 11.5 Å². The molecule has 6 nitrogen and oxygen atoms in total. The van der Waals surface area contributed by atoms with Crippen LogP contribution in [0.3, 0.4) is 0 Å². The Morgan fingerprint density at radius 1 is 1.21 bits per heavy atom. The van der Waals surface area contributed by atoms with Crippen molar-refractivity contribution in [3.63, 3.8) is 0 Å². The van der Waals surface area contributed by atoms with Crippen LogP contribution < -0.4 is 5.73 Å². The highest BCUT2D eigenvalue weighted by Crippen LogP contribution is 2.47. The van der Waals surface area contributed by atoms with Gasteiger partial charge in [0.25, 0.3) is 0 Å². The van der Waals surface area contributed by atoms with Gasteiger partial charge in [-0.2, -0.15) is 0 Å². The molecule has 2 heterocycles. The molecular weight excluding hydrogens is 309 g/mol. The summed E-state index contributed by atoms with van der Waals surface area (Å²) in [5.74, 6) is -0.643. The van der Waals surface area contributed by atoms with Crippen LogP contribution in [0.1, 0.15) is 18.4 Å². The summed E-state index contributed by atoms with van der Waals surface area (Å²) in [7, 11) is 0. The van der Waals surface area contributed by atoms with Gasteiger partial charge >= 0.3 is 0 Å². The molecular formula is C17H18FN5O. The third-order valence-corrected chi connectivity index (χ3v) is 4.48. The maximum absolute atomic E-state index is 15.1. The Balaban J connectivity index is 1.37. The Kier molecular flexibility index (Phi) is 3.65. The molecule has 0 radical (unpaired) electrons. The zero-order valence-electron chi connectivity index (χ0n) is 13.1. The summed E-state index contributed by atoms with van der Waals surface area (Å²) in [5, 5.41) is 0. The van der Waals surface area contributed by atoms with Crippen molar-refractivity contribution in [1.82, 2.24) is 19.5 Å². The van der Waals surface area contributed by atoms with Crippen molar-refractivity contribution < 1.29 is 9.13 Å². The first-order chi connectivity index (χ1) is 11.7. The highest BCUT2D eigenvalue weighted by atomic mass is 19.1. The van der Waals surface area contributed by atoms with Crippen LogP contribution in [0.25, 0.3) is 11.5 Å². The number of halogens is 1. The summed E-state index contributed by atoms with van der Waals surface area (Å²) in [4.78, 5) is 12.1. The highest BCUT2D eigenvalue weighted by molar-refractivity contribution is 5.64. The second kappa shape index (κ2) is 5.83. The Bertz CT molecular complexity index is 800. The van der Waals surface area contributed by atoms with Crippen LogP contribution in [0, 0.1) is 5.92 Å². The third-order valence-electron chi connectivity index (χ3n) is 4.48. The Hall–Kier alpha value is -2.54. The second-order valence-corrected chi connectivity index (χ2v) is 6.24. The summed E-state index contributed by atoms with van der Waals surface area (Å²) >= 11 is 0. The zero-order chi connectivity index (χ0) is 16.6. The maximum atomic E-state index is 15.1. The lowest BCUT2D eigenvalue weighted by atomic mass is 9.78. The van der Waals surface area contributed by atoms with Crippen LogP contribution in [-0.2, 0) is 17.1 Å². The number of nitrogen functional groups attached to an aromatic ring is 1. The molecule has 1 aromatic carbocycles. The number of hydrogen-bond acceptors (Lipinski definition) is 5. The number of fused-ring (bicyclic) bond motifs is 1. The summed E-state index contributed by atoms with van der Waals surface area (Å²) in [6.45, 7) is 1.08. The van der Waals surface area contributed by atoms with Crippen molar-refractivity contribution in [2.75, 3.05) is 12.3 Å². The van der Waals surface area contributed by atoms with Crippen molar-refractivity contribution in [2.24, 2.45) is 5.92 Å². The molecule has 2 N–H and O–H groups in total. The molecule has 4 rings (SSSR count). The van der Waals surface area contributed by atoms with Gasteiger partial charge in [-0.25, -0.2) is 19.3 Å². The van der Waals surface area contributed by atoms with Crippen molar-refractivity contribution >= 4 is 5.82 Å². The number of aromatic nitrogens is 4. The predicted octanol–water partition coefficient (Wildman–Crippen LogP) is 2.61. The monoisotopic (exact) mass is 327 g/mol. The van der Waals surface area contributed by atoms with Gasteiger partial charge in [0.15, 0.2) is 11.6 Å². The van der Waals surface area contributed by atoms with Gasteiger partial charge in [0, 0.05) is 12.8 Å². The number of anilines is 1. The second-order valence-electron chi connectivity index (χ2n) is 6.24. The third kappa shape index (κ3) is 2.60. The van der Waals surface area contributed by atoms with E-state index in [9.17, 15) is 0 Å². The lowest BCUT2D eigenvalue weighted by molar-refractivity contribution is -0.0938. The van der Waals surface area contributed by atoms with E-state index in [2.05, 4.69) is 15.0 Å². The van der Waals surface area contributed by atoms with Crippen LogP contribution in [0.5, 0.6) is 0 Å². The number of rotatable bonds is 5. The van der Waals surface area contributed by atoms with E-state index in [4.69, 9.17) is 10.5 Å². The standard InChI is InChI=1S/C17H18FN5O/c18-17(23-11-22-16-14(15(23)19)20-10-21-16)6-13(7-17)9-24-8-12-4-2-1-3-5-12/h1-5,10-11,13H,6-9,19H2/t13-,17-. The Morgan fingerprint density at radius 2 is 2.00 bits per heavy atom. The molecule has 0 saturated heterocycles. The number of benzene rings is 1. The molecule has 124 valence electrons. The van der Waals surface area contributed by atoms with E-state index < -0.39 is 5.79 Å². The fourth-order valence-corrected chi connectivity index (χ4v) is 3.20. The molecule has 2 aliphatic heterocycles. The van der Waals surface area contributed by atoms with E-state index in [0.29, 0.717) is 37.6 Å². The molecule has 24 heavy (non-hydrogen) atoms. The van der Waals surface area contributed by atoms with Crippen LogP contribution in [0.15, 0.2) is 43.0 Å². The molecule has 7 heteroatoms. The summed E-state index contributed by atoms with van der Waals surface area (Å²) < 4.78 is 22.1. The number of ether oxygens (including phenoxy) is 1. The van der Waals surface area contributed by atoms with Crippen molar-refractivity contribution in [3.05, 3.63) is 48.5 Å². The van der Waals surface area contributed by atoms with E-state index in [-0.39, 0.29) is 11.7 Å². The van der Waals surface area contributed by atoms with Gasteiger partial charge < -0.3 is 10.5 Å². The van der Waals surface area contributed by atoms with Crippen molar-refractivity contribution in [3.8, 4) is 11.5 Å². The predicted molar refractivity (Wildman–Crippen MR) is 86.8 cm³/mol. The van der Waals surface area contributed by atoms with Crippen molar-refractivity contribution in [2.45, 2.75) is 25.2 Å². The fraction of sp³-hybridized carbons (Fsp3) is 0.353. The molecule has 1 aromatic rings. The van der Waals surface area contributed by atoms with Gasteiger partial charge in [-0.3, -0.25) is 4.57 Å². The number of alkyl halides is 1. The number of nitrogens with zero attached hydrogens (tertiary/aromatic N) is 4. The molecule has 0 bridgehead atoms. The molecule has 3 aliphatic rings. The summed E-state index contributed by atoms with van der Waals surface area (Å²) in [6, 6.07) is 9.95. The van der Waals surface area contributed by atoms with Crippen LogP contribution >= 0.6 is 0 Å². The fourth-order valence-electron chi connectivity index (χ4n) is 3.20. The Morgan fingerprint density at radius 3 is 2.79 bits per heavy atom. The van der Waals surface area contributed by atoms with Gasteiger partial charge in [-0.15, -0.1) is 0 Å². The van der Waals surface area contributed by atoms with E-state index >= 15 is 4.39 Å². The molecule has 0 atom stereocenters. The molecule has 0 unspecified atom stereocenters. The SMILES string of the molecule is Nc1c2ncnc-2ncn1[C@]1(F)C[C@@H](COCc2ccccc2)C1. The molecule has 1 saturated carbocycles. The van der Waals surface area contributed by atoms with Crippen LogP contribution in [0.2, 0.25) is 0 Å². The summed E-state index contributed by atoms with van der Waals surface area (Å²) in [6.07, 6.45) is 3.51. The Labute approximate surface area is 138 Å². The minimum Gasteiger partial charge on any atom is -0.383 e. The lowest BCUT2D eigenvalue weighted by Crippen LogP contribution is -2.45. The van der Waals surface area contributed by atoms with Gasteiger partial charge in [0.05, 0.1) is 13.2 Å². The number of hydrogen-bond donors (Lipinski definition) is 1. The molecule has 1 aliphatic carbocycles. The largest absolute Gasteiger partial charge is 0.383 e. The first kappa shape index (κ1) is 15.0. The van der Waals surface area contributed by atoms with Gasteiger partial charge in [-0.1, -0.05) is 30.3 Å². The molecule has 1 fully saturated rings. The van der Waals surface area contributed by atoms with E-state index in [1.54, 1.807) is 0 Å². The number of nitrogens with two attached hydrogens (primary N) is 1. The summed E-state index contributed by atoms with van der Waals surface area (Å²) in [5.41, 5.74) is 7.59. The topological polar surface area (TPSA) is 78.9 Å². The van der Waals surface area contributed by atoms with Gasteiger partial charge in [0.2, 0.25) is 0 Å². The molecule has 0 spiro atoms. The minimum atomic E-state index is -1.52. The zero-order valence-corrected chi connectivity index (χ0v) is 13.1. The maximum Gasteiger partial charge on any atom is 0.189 e. The first-order valence-corrected chi connectivity index (χ1v) is 7.90.